The number of nitrogens with one attached hydrogen (secondary N) is 3. The predicted molar refractivity (Wildman–Crippen MR) is 146 cm³/mol. The van der Waals surface area contributed by atoms with Gasteiger partial charge in [0.1, 0.15) is 18.1 Å². The molecule has 6 N–H and O–H groups in total. The summed E-state index contributed by atoms with van der Waals surface area (Å²) in [6, 6.07) is -5.03. The maximum Gasteiger partial charge on any atom is 0.326 e. The first kappa shape index (κ1) is 31.3. The van der Waals surface area contributed by atoms with E-state index in [0.29, 0.717) is 13.0 Å². The van der Waals surface area contributed by atoms with Crippen LogP contribution in [-0.4, -0.2) is 76.2 Å². The van der Waals surface area contributed by atoms with E-state index in [1.54, 1.807) is 41.5 Å². The summed E-state index contributed by atoms with van der Waals surface area (Å²) in [4.78, 5) is 78.0. The van der Waals surface area contributed by atoms with Gasteiger partial charge in [-0.2, -0.15) is 0 Å². The zero-order valence-electron chi connectivity index (χ0n) is 24.8. The molecule has 12 heteroatoms. The molecule has 1 aliphatic heterocycles. The van der Waals surface area contributed by atoms with Crippen LogP contribution in [0, 0.1) is 34.0 Å². The fraction of sp³-hybridized carbons (Fsp3) is 0.786. The number of hydrogen-bond donors (Lipinski definition) is 5. The molecule has 5 amide bonds. The van der Waals surface area contributed by atoms with Crippen molar-refractivity contribution >= 4 is 35.5 Å². The normalized spacial score (nSPS) is 25.6. The van der Waals surface area contributed by atoms with Gasteiger partial charge in [-0.1, -0.05) is 68.2 Å². The van der Waals surface area contributed by atoms with Gasteiger partial charge in [0.25, 0.3) is 5.91 Å². The zero-order chi connectivity index (χ0) is 30.5. The molecule has 0 aromatic heterocycles. The number of carbonyl (C=O) groups excluding carboxylic acids is 5. The number of urea groups is 1. The van der Waals surface area contributed by atoms with Crippen LogP contribution < -0.4 is 21.7 Å². The van der Waals surface area contributed by atoms with Crippen molar-refractivity contribution in [1.29, 1.82) is 0 Å². The van der Waals surface area contributed by atoms with Gasteiger partial charge in [-0.3, -0.25) is 19.2 Å². The smallest absolute Gasteiger partial charge is 0.326 e. The lowest BCUT2D eigenvalue weighted by molar-refractivity contribution is -0.145. The van der Waals surface area contributed by atoms with Gasteiger partial charge in [-0.15, -0.1) is 0 Å². The highest BCUT2D eigenvalue weighted by Gasteiger charge is 2.70. The lowest BCUT2D eigenvalue weighted by Crippen LogP contribution is -2.62. The number of primary amides is 1. The van der Waals surface area contributed by atoms with Crippen molar-refractivity contribution in [3.8, 4) is 0 Å². The Bertz CT molecular complexity index is 1090. The van der Waals surface area contributed by atoms with Crippen LogP contribution in [0.25, 0.3) is 0 Å². The predicted octanol–water partition coefficient (Wildman–Crippen LogP) is 1.02. The highest BCUT2D eigenvalue weighted by molar-refractivity contribution is 6.37. The van der Waals surface area contributed by atoms with Crippen LogP contribution in [0.3, 0.4) is 0 Å². The monoisotopic (exact) mass is 563 g/mol. The van der Waals surface area contributed by atoms with Crippen molar-refractivity contribution in [2.45, 2.75) is 98.8 Å². The van der Waals surface area contributed by atoms with Gasteiger partial charge in [0.2, 0.25) is 17.6 Å². The number of rotatable bonds is 10. The maximum atomic E-state index is 14.0. The third kappa shape index (κ3) is 6.58. The highest BCUT2D eigenvalue weighted by atomic mass is 16.4. The topological polar surface area (TPSA) is 188 Å². The Labute approximate surface area is 235 Å². The van der Waals surface area contributed by atoms with Gasteiger partial charge in [-0.05, 0) is 40.4 Å². The van der Waals surface area contributed by atoms with Gasteiger partial charge in [-0.25, -0.2) is 9.59 Å². The average molecular weight is 564 g/mol. The molecule has 224 valence electrons. The standard InChI is InChI=1S/C28H45N5O7/c1-26(2,3)19(31-25(40)32-20(24(38)39)27(4,5)6)23(37)33-12-14-16(28(14,7)8)17(33)22(36)30-15(11-13-9-10-13)18(34)21(29)35/h13-17,19-20H,9-12H2,1-8H3,(H2,29,35)(H,30,36)(H,38,39)(H2,31,32,40)/t14-,15?,16-,17-,19+,20+/m0/s1. The minimum Gasteiger partial charge on any atom is -0.480 e. The largest absolute Gasteiger partial charge is 0.480 e. The van der Waals surface area contributed by atoms with E-state index in [1.807, 2.05) is 13.8 Å². The number of nitrogens with two attached hydrogens (primary N) is 1. The molecule has 3 rings (SSSR count). The average Bonchev–Trinajstić information content (AvgIpc) is 3.65. The second-order valence-electron chi connectivity index (χ2n) is 14.4. The van der Waals surface area contributed by atoms with E-state index >= 15 is 0 Å². The first-order valence-electron chi connectivity index (χ1n) is 13.9. The molecule has 2 aliphatic carbocycles. The van der Waals surface area contributed by atoms with Crippen LogP contribution >= 0.6 is 0 Å². The van der Waals surface area contributed by atoms with Gasteiger partial charge < -0.3 is 31.7 Å². The first-order valence-corrected chi connectivity index (χ1v) is 13.9. The summed E-state index contributed by atoms with van der Waals surface area (Å²) < 4.78 is 0. The molecule has 1 unspecified atom stereocenters. The van der Waals surface area contributed by atoms with Gasteiger partial charge in [0.05, 0.1) is 6.04 Å². The van der Waals surface area contributed by atoms with Crippen molar-refractivity contribution in [1.82, 2.24) is 20.9 Å². The lowest BCUT2D eigenvalue weighted by Gasteiger charge is -2.38. The van der Waals surface area contributed by atoms with Crippen molar-refractivity contribution in [2.75, 3.05) is 6.54 Å². The molecule has 0 bridgehead atoms. The van der Waals surface area contributed by atoms with Crippen LogP contribution in [0.15, 0.2) is 0 Å². The molecule has 0 aromatic rings. The summed E-state index contributed by atoms with van der Waals surface area (Å²) in [6.07, 6.45) is 2.13. The minimum absolute atomic E-state index is 0.0488. The molecule has 1 saturated heterocycles. The second-order valence-corrected chi connectivity index (χ2v) is 14.4. The lowest BCUT2D eigenvalue weighted by atomic mass is 9.85. The highest BCUT2D eigenvalue weighted by Crippen LogP contribution is 2.65. The maximum absolute atomic E-state index is 14.0. The molecule has 1 heterocycles. The number of aliphatic carboxylic acids is 1. The van der Waals surface area contributed by atoms with Crippen molar-refractivity contribution in [3.05, 3.63) is 0 Å². The number of fused-ring (bicyclic) bond motifs is 1. The number of nitrogens with zero attached hydrogens (tertiary/aromatic N) is 1. The number of likely N-dealkylation sites (tertiary alicyclic amines) is 1. The summed E-state index contributed by atoms with van der Waals surface area (Å²) in [7, 11) is 0. The van der Waals surface area contributed by atoms with Crippen molar-refractivity contribution < 1.29 is 33.9 Å². The second kappa shape index (κ2) is 10.7. The number of ketones is 1. The molecule has 12 nitrogen and oxygen atoms in total. The van der Waals surface area contributed by atoms with E-state index in [9.17, 15) is 33.9 Å². The fourth-order valence-corrected chi connectivity index (χ4v) is 5.93. The van der Waals surface area contributed by atoms with Crippen LogP contribution in [0.1, 0.15) is 74.7 Å². The Morgan fingerprint density at radius 2 is 1.45 bits per heavy atom. The molecule has 3 fully saturated rings. The van der Waals surface area contributed by atoms with Gasteiger partial charge in [0.15, 0.2) is 0 Å². The van der Waals surface area contributed by atoms with Gasteiger partial charge >= 0.3 is 12.0 Å². The summed E-state index contributed by atoms with van der Waals surface area (Å²) in [5, 5.41) is 17.4. The van der Waals surface area contributed by atoms with E-state index in [4.69, 9.17) is 5.73 Å². The van der Waals surface area contributed by atoms with E-state index in [1.165, 1.54) is 4.90 Å². The number of amides is 5. The molecule has 0 radical (unpaired) electrons. The van der Waals surface area contributed by atoms with E-state index < -0.39 is 70.5 Å². The Hall–Kier alpha value is -3.18. The Morgan fingerprint density at radius 1 is 0.925 bits per heavy atom. The van der Waals surface area contributed by atoms with Crippen molar-refractivity contribution in [3.63, 3.8) is 0 Å². The summed E-state index contributed by atoms with van der Waals surface area (Å²) in [5.41, 5.74) is 3.47. The van der Waals surface area contributed by atoms with Gasteiger partial charge in [0, 0.05) is 6.54 Å². The summed E-state index contributed by atoms with van der Waals surface area (Å²) >= 11 is 0. The number of carboxylic acids is 1. The molecule has 0 spiro atoms. The van der Waals surface area contributed by atoms with E-state index in [2.05, 4.69) is 16.0 Å². The third-order valence-corrected chi connectivity index (χ3v) is 8.68. The van der Waals surface area contributed by atoms with E-state index in [0.717, 1.165) is 12.8 Å². The quantitative estimate of drug-likeness (QED) is 0.245. The zero-order valence-corrected chi connectivity index (χ0v) is 24.8. The third-order valence-electron chi connectivity index (χ3n) is 8.68. The summed E-state index contributed by atoms with van der Waals surface area (Å²) in [6.45, 7) is 14.7. The fourth-order valence-electron chi connectivity index (χ4n) is 5.93. The molecule has 6 atom stereocenters. The number of piperidine rings is 1. The molecule has 2 saturated carbocycles. The molecule has 40 heavy (non-hydrogen) atoms. The number of carboxylic acid groups (broad SMARTS) is 1. The summed E-state index contributed by atoms with van der Waals surface area (Å²) in [5.74, 6) is -4.06. The van der Waals surface area contributed by atoms with Crippen molar-refractivity contribution in [2.24, 2.45) is 39.7 Å². The SMILES string of the molecule is CC(C)(C)[C@H](NC(=O)N[C@H](C(=O)N1C[C@H]2[C@@H]([C@H]1C(=O)NC(CC1CC1)C(=O)C(N)=O)C2(C)C)C(C)(C)C)C(=O)O. The van der Waals surface area contributed by atoms with Crippen LogP contribution in [0.4, 0.5) is 4.79 Å². The Balaban J connectivity index is 1.83. The first-order chi connectivity index (χ1) is 18.2. The molecule has 3 aliphatic rings. The van der Waals surface area contributed by atoms with Crippen LogP contribution in [0.5, 0.6) is 0 Å². The Morgan fingerprint density at radius 3 is 1.90 bits per heavy atom. The number of hydrogen-bond acceptors (Lipinski definition) is 6. The van der Waals surface area contributed by atoms with E-state index in [-0.39, 0.29) is 23.2 Å². The van der Waals surface area contributed by atoms with Crippen LogP contribution in [-0.2, 0) is 24.0 Å². The minimum atomic E-state index is -1.20. The molecular formula is C28H45N5O7. The molecule has 0 aromatic carbocycles. The Kier molecular flexibility index (Phi) is 8.36. The molecular weight excluding hydrogens is 518 g/mol. The van der Waals surface area contributed by atoms with Crippen LogP contribution in [0.2, 0.25) is 0 Å². The number of Topliss-reactive ketones (excluding diaryl/α,β-unsaturated/α-hetero) is 1. The number of carbonyl (C=O) groups is 6.